The van der Waals surface area contributed by atoms with Crippen molar-refractivity contribution in [2.24, 2.45) is 5.73 Å². The zero-order valence-corrected chi connectivity index (χ0v) is 9.53. The smallest absolute Gasteiger partial charge is 0.161 e. The average molecular weight is 222 g/mol. The fourth-order valence-corrected chi connectivity index (χ4v) is 1.29. The van der Waals surface area contributed by atoms with Crippen LogP contribution in [0.25, 0.3) is 0 Å². The lowest BCUT2D eigenvalue weighted by molar-refractivity contribution is 0.275. The van der Waals surface area contributed by atoms with E-state index >= 15 is 0 Å². The van der Waals surface area contributed by atoms with Crippen LogP contribution in [-0.4, -0.2) is 19.0 Å². The predicted molar refractivity (Wildman–Crippen MR) is 64.3 cm³/mol. The Hall–Kier alpha value is -1.71. The lowest BCUT2D eigenvalue weighted by Crippen LogP contribution is -2.11. The molecule has 88 valence electrons. The van der Waals surface area contributed by atoms with Crippen molar-refractivity contribution < 1.29 is 9.47 Å². The van der Waals surface area contributed by atoms with Crippen LogP contribution < -0.4 is 15.2 Å². The van der Waals surface area contributed by atoms with Crippen molar-refractivity contribution in [1.82, 2.24) is 0 Å². The highest BCUT2D eigenvalue weighted by molar-refractivity contribution is 5.76. The Balaban J connectivity index is 2.43. The molecule has 0 heterocycles. The second-order valence-electron chi connectivity index (χ2n) is 3.36. The second kappa shape index (κ2) is 6.71. The molecule has 0 aliphatic rings. The van der Waals surface area contributed by atoms with Crippen LogP contribution in [0, 0.1) is 5.41 Å². The molecule has 1 aromatic rings. The van der Waals surface area contributed by atoms with Gasteiger partial charge >= 0.3 is 0 Å². The first-order chi connectivity index (χ1) is 7.74. The third-order valence-corrected chi connectivity index (χ3v) is 2.00. The topological polar surface area (TPSA) is 68.3 Å². The van der Waals surface area contributed by atoms with Crippen molar-refractivity contribution in [2.45, 2.75) is 19.8 Å². The molecule has 0 atom stereocenters. The number of benzene rings is 1. The van der Waals surface area contributed by atoms with E-state index in [0.717, 1.165) is 17.9 Å². The minimum absolute atomic E-state index is 0.196. The van der Waals surface area contributed by atoms with Crippen LogP contribution in [0.5, 0.6) is 11.5 Å². The lowest BCUT2D eigenvalue weighted by Gasteiger charge is -2.11. The number of hydrogen-bond donors (Lipinski definition) is 2. The van der Waals surface area contributed by atoms with Gasteiger partial charge in [-0.1, -0.05) is 12.1 Å². The molecule has 0 aromatic heterocycles. The van der Waals surface area contributed by atoms with Crippen molar-refractivity contribution in [2.75, 3.05) is 13.2 Å². The molecule has 0 saturated carbocycles. The van der Waals surface area contributed by atoms with Crippen LogP contribution >= 0.6 is 0 Å². The summed E-state index contributed by atoms with van der Waals surface area (Å²) in [6.45, 7) is 3.10. The summed E-state index contributed by atoms with van der Waals surface area (Å²) >= 11 is 0. The van der Waals surface area contributed by atoms with Gasteiger partial charge in [0.15, 0.2) is 11.5 Å². The molecule has 0 aliphatic carbocycles. The monoisotopic (exact) mass is 222 g/mol. The highest BCUT2D eigenvalue weighted by Gasteiger charge is 2.02. The molecule has 0 amide bonds. The standard InChI is InChI=1S/C12H18N2O2/c1-2-15-10-6-3-4-7-11(10)16-9-5-8-12(13)14/h3-4,6-7H,2,5,8-9H2,1H3,(H3,13,14). The first-order valence-corrected chi connectivity index (χ1v) is 5.41. The molecule has 0 spiro atoms. The van der Waals surface area contributed by atoms with Crippen LogP contribution in [0.4, 0.5) is 0 Å². The maximum atomic E-state index is 7.08. The predicted octanol–water partition coefficient (Wildman–Crippen LogP) is 2.18. The molecule has 0 aliphatic heterocycles. The molecule has 0 radical (unpaired) electrons. The number of nitrogens with two attached hydrogens (primary N) is 1. The number of nitrogens with one attached hydrogen (secondary N) is 1. The summed E-state index contributed by atoms with van der Waals surface area (Å²) in [6.07, 6.45) is 1.31. The number of ether oxygens (including phenoxy) is 2. The zero-order valence-electron chi connectivity index (χ0n) is 9.53. The molecule has 0 fully saturated rings. The van der Waals surface area contributed by atoms with E-state index in [1.807, 2.05) is 31.2 Å². The minimum Gasteiger partial charge on any atom is -0.490 e. The van der Waals surface area contributed by atoms with E-state index in [-0.39, 0.29) is 5.84 Å². The summed E-state index contributed by atoms with van der Waals surface area (Å²) < 4.78 is 11.0. The summed E-state index contributed by atoms with van der Waals surface area (Å²) in [5.41, 5.74) is 5.25. The summed E-state index contributed by atoms with van der Waals surface area (Å²) in [6, 6.07) is 7.57. The average Bonchev–Trinajstić information content (AvgIpc) is 2.26. The van der Waals surface area contributed by atoms with Crippen LogP contribution in [0.3, 0.4) is 0 Å². The van der Waals surface area contributed by atoms with Gasteiger partial charge < -0.3 is 15.2 Å². The Morgan fingerprint density at radius 1 is 1.25 bits per heavy atom. The van der Waals surface area contributed by atoms with E-state index in [0.29, 0.717) is 19.6 Å². The van der Waals surface area contributed by atoms with Gasteiger partial charge in [-0.05, 0) is 25.5 Å². The molecule has 16 heavy (non-hydrogen) atoms. The summed E-state index contributed by atoms with van der Waals surface area (Å²) in [5.74, 6) is 1.70. The van der Waals surface area contributed by atoms with Crippen molar-refractivity contribution in [3.05, 3.63) is 24.3 Å². The largest absolute Gasteiger partial charge is 0.490 e. The molecule has 0 bridgehead atoms. The fourth-order valence-electron chi connectivity index (χ4n) is 1.29. The van der Waals surface area contributed by atoms with Crippen molar-refractivity contribution in [3.63, 3.8) is 0 Å². The second-order valence-corrected chi connectivity index (χ2v) is 3.36. The van der Waals surface area contributed by atoms with Gasteiger partial charge in [-0.3, -0.25) is 5.41 Å². The van der Waals surface area contributed by atoms with Gasteiger partial charge in [0.25, 0.3) is 0 Å². The van der Waals surface area contributed by atoms with Crippen LogP contribution in [0.1, 0.15) is 19.8 Å². The van der Waals surface area contributed by atoms with Gasteiger partial charge in [0.2, 0.25) is 0 Å². The Morgan fingerprint density at radius 2 is 1.88 bits per heavy atom. The first-order valence-electron chi connectivity index (χ1n) is 5.41. The Labute approximate surface area is 95.9 Å². The van der Waals surface area contributed by atoms with E-state index in [4.69, 9.17) is 20.6 Å². The Morgan fingerprint density at radius 3 is 2.44 bits per heavy atom. The van der Waals surface area contributed by atoms with Gasteiger partial charge in [-0.2, -0.15) is 0 Å². The molecule has 4 heteroatoms. The third-order valence-electron chi connectivity index (χ3n) is 2.00. The number of rotatable bonds is 7. The van der Waals surface area contributed by atoms with E-state index in [1.165, 1.54) is 0 Å². The van der Waals surface area contributed by atoms with E-state index in [9.17, 15) is 0 Å². The molecule has 0 saturated heterocycles. The van der Waals surface area contributed by atoms with Crippen molar-refractivity contribution in [3.8, 4) is 11.5 Å². The lowest BCUT2D eigenvalue weighted by atomic mass is 10.3. The van der Waals surface area contributed by atoms with Gasteiger partial charge in [0.05, 0.1) is 19.0 Å². The van der Waals surface area contributed by atoms with Crippen molar-refractivity contribution in [1.29, 1.82) is 5.41 Å². The number of para-hydroxylation sites is 2. The van der Waals surface area contributed by atoms with E-state index in [1.54, 1.807) is 0 Å². The molecule has 1 aromatic carbocycles. The maximum Gasteiger partial charge on any atom is 0.161 e. The van der Waals surface area contributed by atoms with Gasteiger partial charge in [0.1, 0.15) is 0 Å². The number of hydrogen-bond acceptors (Lipinski definition) is 3. The summed E-state index contributed by atoms with van der Waals surface area (Å²) in [7, 11) is 0. The first kappa shape index (κ1) is 12.4. The maximum absolute atomic E-state index is 7.08. The van der Waals surface area contributed by atoms with E-state index in [2.05, 4.69) is 0 Å². The SMILES string of the molecule is CCOc1ccccc1OCCCC(=N)N. The normalized spacial score (nSPS) is 9.81. The molecule has 3 N–H and O–H groups in total. The van der Waals surface area contributed by atoms with Gasteiger partial charge in [0, 0.05) is 6.42 Å². The molecular formula is C12H18N2O2. The van der Waals surface area contributed by atoms with E-state index < -0.39 is 0 Å². The zero-order chi connectivity index (χ0) is 11.8. The van der Waals surface area contributed by atoms with Crippen molar-refractivity contribution >= 4 is 5.84 Å². The molecule has 1 rings (SSSR count). The number of amidine groups is 1. The fraction of sp³-hybridized carbons (Fsp3) is 0.417. The van der Waals surface area contributed by atoms with Crippen LogP contribution in [0.2, 0.25) is 0 Å². The molecule has 4 nitrogen and oxygen atoms in total. The van der Waals surface area contributed by atoms with Gasteiger partial charge in [-0.15, -0.1) is 0 Å². The molecule has 0 unspecified atom stereocenters. The highest BCUT2D eigenvalue weighted by Crippen LogP contribution is 2.26. The third kappa shape index (κ3) is 4.21. The Bertz CT molecular complexity index is 340. The van der Waals surface area contributed by atoms with Crippen LogP contribution in [-0.2, 0) is 0 Å². The quantitative estimate of drug-likeness (QED) is 0.422. The highest BCUT2D eigenvalue weighted by atomic mass is 16.5. The van der Waals surface area contributed by atoms with Crippen LogP contribution in [0.15, 0.2) is 24.3 Å². The summed E-state index contributed by atoms with van der Waals surface area (Å²) in [5, 5.41) is 7.08. The Kier molecular flexibility index (Phi) is 5.19. The van der Waals surface area contributed by atoms with Gasteiger partial charge in [-0.25, -0.2) is 0 Å². The summed E-state index contributed by atoms with van der Waals surface area (Å²) in [4.78, 5) is 0. The molecular weight excluding hydrogens is 204 g/mol. The minimum atomic E-state index is 0.196.